The van der Waals surface area contributed by atoms with Gasteiger partial charge in [-0.2, -0.15) is 0 Å². The van der Waals surface area contributed by atoms with Crippen molar-refractivity contribution in [2.75, 3.05) is 0 Å². The SMILES string of the molecule is Cc1cc(=O)c2cc(CC(=O)O)ccc2[nH]1. The van der Waals surface area contributed by atoms with E-state index in [1.807, 2.05) is 6.92 Å². The minimum absolute atomic E-state index is 0.0662. The average Bonchev–Trinajstić information content (AvgIpc) is 2.18. The van der Waals surface area contributed by atoms with Gasteiger partial charge in [0.1, 0.15) is 0 Å². The molecular weight excluding hydrogens is 206 g/mol. The number of benzene rings is 1. The van der Waals surface area contributed by atoms with Crippen molar-refractivity contribution in [3.05, 3.63) is 45.7 Å². The number of pyridine rings is 1. The summed E-state index contributed by atoms with van der Waals surface area (Å²) in [7, 11) is 0. The van der Waals surface area contributed by atoms with Crippen molar-refractivity contribution in [2.24, 2.45) is 0 Å². The van der Waals surface area contributed by atoms with Gasteiger partial charge in [0, 0.05) is 22.7 Å². The van der Waals surface area contributed by atoms with Crippen LogP contribution in [0.5, 0.6) is 0 Å². The van der Waals surface area contributed by atoms with Gasteiger partial charge in [0.05, 0.1) is 6.42 Å². The topological polar surface area (TPSA) is 70.2 Å². The van der Waals surface area contributed by atoms with Gasteiger partial charge in [-0.15, -0.1) is 0 Å². The second-order valence-electron chi connectivity index (χ2n) is 3.77. The fourth-order valence-electron chi connectivity index (χ4n) is 1.71. The molecule has 1 aromatic heterocycles. The van der Waals surface area contributed by atoms with E-state index < -0.39 is 5.97 Å². The quantitative estimate of drug-likeness (QED) is 0.800. The van der Waals surface area contributed by atoms with Gasteiger partial charge in [-0.3, -0.25) is 9.59 Å². The molecule has 0 aliphatic carbocycles. The van der Waals surface area contributed by atoms with Crippen molar-refractivity contribution >= 4 is 16.9 Å². The smallest absolute Gasteiger partial charge is 0.307 e. The molecule has 0 unspecified atom stereocenters. The van der Waals surface area contributed by atoms with E-state index in [-0.39, 0.29) is 11.8 Å². The fraction of sp³-hybridized carbons (Fsp3) is 0.167. The number of carboxylic acids is 1. The number of fused-ring (bicyclic) bond motifs is 1. The van der Waals surface area contributed by atoms with Gasteiger partial charge in [-0.05, 0) is 24.6 Å². The molecule has 0 fully saturated rings. The third kappa shape index (κ3) is 1.95. The number of carboxylic acid groups (broad SMARTS) is 1. The molecule has 2 rings (SSSR count). The molecule has 4 nitrogen and oxygen atoms in total. The number of hydrogen-bond acceptors (Lipinski definition) is 2. The summed E-state index contributed by atoms with van der Waals surface area (Å²) in [6, 6.07) is 6.59. The van der Waals surface area contributed by atoms with Gasteiger partial charge in [-0.1, -0.05) is 6.07 Å². The van der Waals surface area contributed by atoms with Crippen molar-refractivity contribution < 1.29 is 9.90 Å². The van der Waals surface area contributed by atoms with Crippen LogP contribution in [0.2, 0.25) is 0 Å². The minimum atomic E-state index is -0.900. The monoisotopic (exact) mass is 217 g/mol. The predicted molar refractivity (Wildman–Crippen MR) is 60.6 cm³/mol. The van der Waals surface area contributed by atoms with Crippen LogP contribution in [0.15, 0.2) is 29.1 Å². The summed E-state index contributed by atoms with van der Waals surface area (Å²) in [5.74, 6) is -0.900. The van der Waals surface area contributed by atoms with Crippen LogP contribution < -0.4 is 5.43 Å². The third-order valence-electron chi connectivity index (χ3n) is 2.38. The van der Waals surface area contributed by atoms with Crippen LogP contribution in [0, 0.1) is 6.92 Å². The Morgan fingerprint density at radius 3 is 2.81 bits per heavy atom. The summed E-state index contributed by atoms with van der Waals surface area (Å²) < 4.78 is 0. The van der Waals surface area contributed by atoms with E-state index in [4.69, 9.17) is 5.11 Å². The number of nitrogens with one attached hydrogen (secondary N) is 1. The number of aryl methyl sites for hydroxylation is 1. The van der Waals surface area contributed by atoms with Gasteiger partial charge >= 0.3 is 5.97 Å². The first-order valence-corrected chi connectivity index (χ1v) is 4.90. The van der Waals surface area contributed by atoms with E-state index in [0.29, 0.717) is 10.9 Å². The van der Waals surface area contributed by atoms with Gasteiger partial charge in [0.15, 0.2) is 5.43 Å². The van der Waals surface area contributed by atoms with Gasteiger partial charge in [-0.25, -0.2) is 0 Å². The lowest BCUT2D eigenvalue weighted by molar-refractivity contribution is -0.136. The lowest BCUT2D eigenvalue weighted by Crippen LogP contribution is -2.05. The van der Waals surface area contributed by atoms with Crippen molar-refractivity contribution in [2.45, 2.75) is 13.3 Å². The van der Waals surface area contributed by atoms with E-state index in [1.165, 1.54) is 6.07 Å². The maximum absolute atomic E-state index is 11.7. The Hall–Kier alpha value is -2.10. The Morgan fingerprint density at radius 2 is 2.12 bits per heavy atom. The average molecular weight is 217 g/mol. The summed E-state index contributed by atoms with van der Waals surface area (Å²) in [6.07, 6.45) is -0.0662. The molecule has 0 aliphatic rings. The van der Waals surface area contributed by atoms with Gasteiger partial charge in [0.2, 0.25) is 0 Å². The molecule has 0 atom stereocenters. The number of hydrogen-bond donors (Lipinski definition) is 2. The summed E-state index contributed by atoms with van der Waals surface area (Å²) >= 11 is 0. The Bertz CT molecular complexity index is 613. The highest BCUT2D eigenvalue weighted by atomic mass is 16.4. The van der Waals surface area contributed by atoms with E-state index in [0.717, 1.165) is 11.2 Å². The minimum Gasteiger partial charge on any atom is -0.481 e. The summed E-state index contributed by atoms with van der Waals surface area (Å²) in [5.41, 5.74) is 2.08. The largest absolute Gasteiger partial charge is 0.481 e. The van der Waals surface area contributed by atoms with Crippen LogP contribution >= 0.6 is 0 Å². The maximum Gasteiger partial charge on any atom is 0.307 e. The number of aliphatic carboxylic acids is 1. The highest BCUT2D eigenvalue weighted by molar-refractivity contribution is 5.81. The molecule has 1 heterocycles. The number of rotatable bonds is 2. The van der Waals surface area contributed by atoms with E-state index in [1.54, 1.807) is 18.2 Å². The molecule has 82 valence electrons. The van der Waals surface area contributed by atoms with Gasteiger partial charge < -0.3 is 10.1 Å². The zero-order valence-electron chi connectivity index (χ0n) is 8.78. The Morgan fingerprint density at radius 1 is 1.38 bits per heavy atom. The molecule has 1 aromatic carbocycles. The molecule has 2 N–H and O–H groups in total. The molecule has 0 amide bonds. The van der Waals surface area contributed by atoms with Crippen molar-refractivity contribution in [1.29, 1.82) is 0 Å². The molecular formula is C12H11NO3. The highest BCUT2D eigenvalue weighted by Gasteiger charge is 2.04. The third-order valence-corrected chi connectivity index (χ3v) is 2.38. The molecule has 4 heteroatoms. The Kier molecular flexibility index (Phi) is 2.48. The van der Waals surface area contributed by atoms with Crippen LogP contribution in [0.4, 0.5) is 0 Å². The molecule has 0 spiro atoms. The van der Waals surface area contributed by atoms with E-state index in [9.17, 15) is 9.59 Å². The molecule has 2 aromatic rings. The number of carbonyl (C=O) groups is 1. The molecule has 0 saturated carbocycles. The zero-order valence-corrected chi connectivity index (χ0v) is 8.78. The van der Waals surface area contributed by atoms with Crippen molar-refractivity contribution in [1.82, 2.24) is 4.98 Å². The highest BCUT2D eigenvalue weighted by Crippen LogP contribution is 2.11. The van der Waals surface area contributed by atoms with Crippen LogP contribution in [0.3, 0.4) is 0 Å². The predicted octanol–water partition coefficient (Wildman–Crippen LogP) is 1.46. The van der Waals surface area contributed by atoms with Crippen LogP contribution in [0.1, 0.15) is 11.3 Å². The first kappa shape index (κ1) is 10.4. The molecule has 0 aliphatic heterocycles. The van der Waals surface area contributed by atoms with Crippen molar-refractivity contribution in [3.8, 4) is 0 Å². The summed E-state index contributed by atoms with van der Waals surface area (Å²) in [4.78, 5) is 25.3. The molecule has 16 heavy (non-hydrogen) atoms. The number of aromatic nitrogens is 1. The lowest BCUT2D eigenvalue weighted by Gasteiger charge is -2.02. The maximum atomic E-state index is 11.7. The zero-order chi connectivity index (χ0) is 11.7. The summed E-state index contributed by atoms with van der Waals surface area (Å²) in [6.45, 7) is 1.81. The fourth-order valence-corrected chi connectivity index (χ4v) is 1.71. The second-order valence-corrected chi connectivity index (χ2v) is 3.77. The standard InChI is InChI=1S/C12H11NO3/c1-7-4-11(14)9-5-8(6-12(15)16)2-3-10(9)13-7/h2-5H,6H2,1H3,(H,13,14)(H,15,16). The first-order valence-electron chi connectivity index (χ1n) is 4.90. The van der Waals surface area contributed by atoms with Crippen LogP contribution in [-0.4, -0.2) is 16.1 Å². The normalized spacial score (nSPS) is 10.6. The first-order chi connectivity index (χ1) is 7.56. The molecule has 0 saturated heterocycles. The second kappa shape index (κ2) is 3.81. The molecule has 0 bridgehead atoms. The number of H-pyrrole nitrogens is 1. The molecule has 0 radical (unpaired) electrons. The Balaban J connectivity index is 2.62. The van der Waals surface area contributed by atoms with Gasteiger partial charge in [0.25, 0.3) is 0 Å². The van der Waals surface area contributed by atoms with Crippen LogP contribution in [-0.2, 0) is 11.2 Å². The van der Waals surface area contributed by atoms with Crippen LogP contribution in [0.25, 0.3) is 10.9 Å². The van der Waals surface area contributed by atoms with E-state index >= 15 is 0 Å². The summed E-state index contributed by atoms with van der Waals surface area (Å²) in [5, 5.41) is 9.20. The Labute approximate surface area is 91.5 Å². The van der Waals surface area contributed by atoms with E-state index in [2.05, 4.69) is 4.98 Å². The lowest BCUT2D eigenvalue weighted by atomic mass is 10.1. The van der Waals surface area contributed by atoms with Crippen molar-refractivity contribution in [3.63, 3.8) is 0 Å². The number of aromatic amines is 1.